The van der Waals surface area contributed by atoms with E-state index in [1.54, 1.807) is 13.3 Å². The summed E-state index contributed by atoms with van der Waals surface area (Å²) in [6.45, 7) is 0. The van der Waals surface area contributed by atoms with Crippen LogP contribution in [-0.2, 0) is 0 Å². The Hall–Kier alpha value is -3.28. The fourth-order valence-corrected chi connectivity index (χ4v) is 2.46. The van der Waals surface area contributed by atoms with Gasteiger partial charge in [0.05, 0.1) is 30.2 Å². The molecule has 0 unspecified atom stereocenters. The van der Waals surface area contributed by atoms with Crippen LogP contribution in [0.4, 0.5) is 11.5 Å². The second kappa shape index (κ2) is 5.49. The number of aromatic nitrogens is 3. The van der Waals surface area contributed by atoms with Crippen molar-refractivity contribution in [1.29, 1.82) is 0 Å². The number of methoxy groups -OCH3 is 1. The van der Waals surface area contributed by atoms with Crippen LogP contribution in [0, 0.1) is 0 Å². The fraction of sp³-hybridized carbons (Fsp3) is 0.0588. The molecule has 0 fully saturated rings. The molecule has 114 valence electrons. The maximum Gasteiger partial charge on any atom is 0.181 e. The van der Waals surface area contributed by atoms with Gasteiger partial charge in [-0.2, -0.15) is 0 Å². The van der Waals surface area contributed by atoms with Crippen LogP contribution in [0.25, 0.3) is 22.4 Å². The third-order valence-electron chi connectivity index (χ3n) is 3.57. The van der Waals surface area contributed by atoms with Crippen molar-refractivity contribution in [2.45, 2.75) is 0 Å². The number of benzene rings is 1. The van der Waals surface area contributed by atoms with Gasteiger partial charge in [-0.05, 0) is 18.2 Å². The number of anilines is 2. The number of para-hydroxylation sites is 2. The van der Waals surface area contributed by atoms with E-state index in [1.807, 2.05) is 42.6 Å². The Bertz CT molecular complexity index is 944. The number of nitrogens with zero attached hydrogens (tertiary/aromatic N) is 2. The molecule has 0 aliphatic rings. The Labute approximate surface area is 132 Å². The summed E-state index contributed by atoms with van der Waals surface area (Å²) >= 11 is 0. The molecule has 0 spiro atoms. The lowest BCUT2D eigenvalue weighted by Crippen LogP contribution is -1.96. The van der Waals surface area contributed by atoms with Crippen LogP contribution in [0.15, 0.2) is 59.6 Å². The highest BCUT2D eigenvalue weighted by Crippen LogP contribution is 2.29. The molecule has 1 aromatic carbocycles. The minimum absolute atomic E-state index is 0.695. The van der Waals surface area contributed by atoms with Gasteiger partial charge in [0.15, 0.2) is 12.2 Å². The summed E-state index contributed by atoms with van der Waals surface area (Å²) in [6.07, 6.45) is 4.89. The van der Waals surface area contributed by atoms with E-state index in [0.29, 0.717) is 5.76 Å². The summed E-state index contributed by atoms with van der Waals surface area (Å²) in [7, 11) is 1.64. The van der Waals surface area contributed by atoms with Crippen molar-refractivity contribution in [1.82, 2.24) is 15.0 Å². The van der Waals surface area contributed by atoms with Crippen LogP contribution in [0.5, 0.6) is 5.75 Å². The van der Waals surface area contributed by atoms with E-state index >= 15 is 0 Å². The van der Waals surface area contributed by atoms with Gasteiger partial charge in [0, 0.05) is 17.6 Å². The zero-order chi connectivity index (χ0) is 15.6. The lowest BCUT2D eigenvalue weighted by molar-refractivity contribution is 0.417. The van der Waals surface area contributed by atoms with Crippen molar-refractivity contribution in [3.63, 3.8) is 0 Å². The third-order valence-corrected chi connectivity index (χ3v) is 3.57. The number of nitrogens with one attached hydrogen (secondary N) is 2. The molecule has 3 aromatic heterocycles. The molecule has 23 heavy (non-hydrogen) atoms. The van der Waals surface area contributed by atoms with Gasteiger partial charge >= 0.3 is 0 Å². The highest BCUT2D eigenvalue weighted by atomic mass is 16.5. The van der Waals surface area contributed by atoms with Gasteiger partial charge in [0.1, 0.15) is 11.6 Å². The summed E-state index contributed by atoms with van der Waals surface area (Å²) in [5.41, 5.74) is 2.70. The number of hydrogen-bond donors (Lipinski definition) is 2. The molecule has 0 radical (unpaired) electrons. The van der Waals surface area contributed by atoms with Crippen molar-refractivity contribution < 1.29 is 9.15 Å². The second-order valence-electron chi connectivity index (χ2n) is 5.03. The quantitative estimate of drug-likeness (QED) is 0.596. The number of ether oxygens (including phenoxy) is 1. The number of oxazole rings is 1. The molecule has 4 aromatic rings. The first-order valence-electron chi connectivity index (χ1n) is 7.11. The molecule has 6 heteroatoms. The number of hydrogen-bond acceptors (Lipinski definition) is 5. The summed E-state index contributed by atoms with van der Waals surface area (Å²) in [5.74, 6) is 2.19. The van der Waals surface area contributed by atoms with Gasteiger partial charge in [0.2, 0.25) is 0 Å². The molecule has 0 saturated carbocycles. The van der Waals surface area contributed by atoms with Crippen LogP contribution in [0.2, 0.25) is 0 Å². The number of aromatic amines is 1. The number of H-pyrrole nitrogens is 1. The van der Waals surface area contributed by atoms with Crippen LogP contribution < -0.4 is 10.1 Å². The van der Waals surface area contributed by atoms with Gasteiger partial charge < -0.3 is 19.5 Å². The van der Waals surface area contributed by atoms with Gasteiger partial charge in [0.25, 0.3) is 0 Å². The molecular formula is C17H14N4O2. The Balaban J connectivity index is 1.69. The van der Waals surface area contributed by atoms with Crippen molar-refractivity contribution in [2.24, 2.45) is 0 Å². The van der Waals surface area contributed by atoms with Crippen molar-refractivity contribution >= 4 is 22.4 Å². The van der Waals surface area contributed by atoms with Crippen LogP contribution in [-0.4, -0.2) is 22.1 Å². The van der Waals surface area contributed by atoms with Gasteiger partial charge in [-0.3, -0.25) is 0 Å². The predicted octanol–water partition coefficient (Wildman–Crippen LogP) is 3.97. The van der Waals surface area contributed by atoms with E-state index in [0.717, 1.165) is 33.9 Å². The van der Waals surface area contributed by atoms with Gasteiger partial charge in [-0.25, -0.2) is 9.97 Å². The Kier molecular flexibility index (Phi) is 3.20. The van der Waals surface area contributed by atoms with E-state index in [2.05, 4.69) is 20.3 Å². The van der Waals surface area contributed by atoms with E-state index in [-0.39, 0.29) is 0 Å². The number of pyridine rings is 1. The number of fused-ring (bicyclic) bond motifs is 1. The van der Waals surface area contributed by atoms with Crippen LogP contribution in [0.1, 0.15) is 0 Å². The molecular weight excluding hydrogens is 292 g/mol. The maximum atomic E-state index is 5.34. The summed E-state index contributed by atoms with van der Waals surface area (Å²) in [4.78, 5) is 11.7. The predicted molar refractivity (Wildman–Crippen MR) is 87.9 cm³/mol. The molecule has 4 rings (SSSR count). The summed E-state index contributed by atoms with van der Waals surface area (Å²) in [5, 5.41) is 4.27. The minimum atomic E-state index is 0.695. The Morgan fingerprint density at radius 3 is 2.91 bits per heavy atom. The third kappa shape index (κ3) is 2.50. The molecule has 0 atom stereocenters. The summed E-state index contributed by atoms with van der Waals surface area (Å²) < 4.78 is 10.7. The van der Waals surface area contributed by atoms with E-state index < -0.39 is 0 Å². The fourth-order valence-electron chi connectivity index (χ4n) is 2.46. The smallest absolute Gasteiger partial charge is 0.181 e. The molecule has 3 heterocycles. The van der Waals surface area contributed by atoms with E-state index in [1.165, 1.54) is 6.39 Å². The average Bonchev–Trinajstić information content (AvgIpc) is 3.24. The average molecular weight is 306 g/mol. The molecule has 0 aliphatic heterocycles. The number of rotatable bonds is 4. The Morgan fingerprint density at radius 2 is 2.09 bits per heavy atom. The van der Waals surface area contributed by atoms with Crippen molar-refractivity contribution in [3.8, 4) is 17.2 Å². The minimum Gasteiger partial charge on any atom is -0.495 e. The van der Waals surface area contributed by atoms with Gasteiger partial charge in [-0.1, -0.05) is 12.1 Å². The van der Waals surface area contributed by atoms with Crippen molar-refractivity contribution in [2.75, 3.05) is 12.4 Å². The largest absolute Gasteiger partial charge is 0.495 e. The van der Waals surface area contributed by atoms with E-state index in [4.69, 9.17) is 9.15 Å². The van der Waals surface area contributed by atoms with Gasteiger partial charge in [-0.15, -0.1) is 0 Å². The lowest BCUT2D eigenvalue weighted by atomic mass is 10.2. The first kappa shape index (κ1) is 13.4. The highest BCUT2D eigenvalue weighted by Gasteiger charge is 2.08. The zero-order valence-electron chi connectivity index (χ0n) is 12.4. The first-order chi connectivity index (χ1) is 11.3. The monoisotopic (exact) mass is 306 g/mol. The zero-order valence-corrected chi connectivity index (χ0v) is 12.4. The Morgan fingerprint density at radius 1 is 1.17 bits per heavy atom. The molecule has 0 amide bonds. The topological polar surface area (TPSA) is 76.0 Å². The normalized spacial score (nSPS) is 10.8. The molecule has 6 nitrogen and oxygen atoms in total. The molecule has 0 aliphatic carbocycles. The van der Waals surface area contributed by atoms with E-state index in [9.17, 15) is 0 Å². The molecule has 2 N–H and O–H groups in total. The first-order valence-corrected chi connectivity index (χ1v) is 7.11. The van der Waals surface area contributed by atoms with Crippen LogP contribution >= 0.6 is 0 Å². The lowest BCUT2D eigenvalue weighted by Gasteiger charge is -2.10. The second-order valence-corrected chi connectivity index (χ2v) is 5.03. The maximum absolute atomic E-state index is 5.34. The highest BCUT2D eigenvalue weighted by molar-refractivity contribution is 5.86. The van der Waals surface area contributed by atoms with Crippen molar-refractivity contribution in [3.05, 3.63) is 55.2 Å². The molecule has 0 saturated heterocycles. The molecule has 0 bridgehead atoms. The standard InChI is InChI=1S/C17H14N4O2/c1-22-15-5-3-2-4-12(15)21-17-7-13-11(8-19-17)6-14(20-13)16-9-18-10-23-16/h2-10,20H,1H3,(H,19,21). The summed E-state index contributed by atoms with van der Waals surface area (Å²) in [6, 6.07) is 11.6. The SMILES string of the molecule is COc1ccccc1Nc1cc2[nH]c(-c3cnco3)cc2cn1. The van der Waals surface area contributed by atoms with Crippen LogP contribution in [0.3, 0.4) is 0 Å².